The van der Waals surface area contributed by atoms with Gasteiger partial charge in [0.15, 0.2) is 0 Å². The maximum Gasteiger partial charge on any atom is 2.00 e. The summed E-state index contributed by atoms with van der Waals surface area (Å²) in [6.45, 7) is 10.9. The van der Waals surface area contributed by atoms with E-state index in [2.05, 4.69) is 439 Å². The summed E-state index contributed by atoms with van der Waals surface area (Å²) in [7, 11) is 0. The van der Waals surface area contributed by atoms with Crippen LogP contribution in [0, 0.1) is 27.7 Å². The molecule has 0 N–H and O–H groups in total. The van der Waals surface area contributed by atoms with Crippen LogP contribution < -0.4 is 29.7 Å². The fourth-order valence-corrected chi connectivity index (χ4v) is 18.4. The Morgan fingerprint density at radius 2 is 0.538 bits per heavy atom. The molecular weight excluding hydrogens is 1770 g/mol. The van der Waals surface area contributed by atoms with Gasteiger partial charge in [0.1, 0.15) is 0 Å². The molecule has 21 rings (SSSR count). The van der Waals surface area contributed by atoms with Crippen LogP contribution in [0.5, 0.6) is 0 Å². The van der Waals surface area contributed by atoms with Crippen molar-refractivity contribution in [2.45, 2.75) is 66.7 Å². The molecule has 12 heteroatoms. The van der Waals surface area contributed by atoms with Crippen molar-refractivity contribution in [3.05, 3.63) is 418 Å². The van der Waals surface area contributed by atoms with Crippen LogP contribution in [0.4, 0.5) is 34.1 Å². The van der Waals surface area contributed by atoms with Crippen LogP contribution in [-0.2, 0) is 47.3 Å². The second kappa shape index (κ2) is 37.3. The molecule has 16 bridgehead atoms. The molecule has 10 heterocycles. The van der Waals surface area contributed by atoms with Crippen molar-refractivity contribution in [2.75, 3.05) is 9.80 Å². The number of nitrogens with zero attached hydrogens (tertiary/aromatic N) is 10. The normalized spacial score (nSPS) is 11.9. The molecule has 130 heavy (non-hydrogen) atoms. The molecule has 0 aliphatic carbocycles. The van der Waals surface area contributed by atoms with Crippen molar-refractivity contribution in [3.8, 4) is 77.9 Å². The van der Waals surface area contributed by atoms with Crippen molar-refractivity contribution < 1.29 is 40.8 Å². The fraction of sp³-hybridized carbons (Fsp3) is 0.0847. The zero-order chi connectivity index (χ0) is 86.1. The summed E-state index contributed by atoms with van der Waals surface area (Å²) in [5.41, 5.74) is 40.8. The maximum absolute atomic E-state index is 5.75. The van der Waals surface area contributed by atoms with Crippen LogP contribution in [-0.4, -0.2) is 19.9 Å². The summed E-state index contributed by atoms with van der Waals surface area (Å²) >= 11 is 0. The Kier molecular flexibility index (Phi) is 24.3. The first kappa shape index (κ1) is 84.8. The quantitative estimate of drug-likeness (QED) is 0.0415. The number of benzene rings is 11. The Bertz CT molecular complexity index is 7550. The van der Waals surface area contributed by atoms with Gasteiger partial charge in [-0.15, -0.1) is 44.1 Å². The van der Waals surface area contributed by atoms with Crippen molar-refractivity contribution in [3.63, 3.8) is 0 Å². The molecular formula is C118H90N10Pd2. The number of unbranched alkanes of at least 4 members (excludes halogenated alkanes) is 3. The molecule has 0 saturated carbocycles. The topological polar surface area (TPSA) is 114 Å². The van der Waals surface area contributed by atoms with Crippen LogP contribution in [0.1, 0.15) is 117 Å². The minimum atomic E-state index is 0. The van der Waals surface area contributed by atoms with Gasteiger partial charge < -0.3 is 29.7 Å². The van der Waals surface area contributed by atoms with Crippen molar-refractivity contribution in [1.82, 2.24) is 39.9 Å². The predicted molar refractivity (Wildman–Crippen MR) is 537 cm³/mol. The first-order valence-electron chi connectivity index (χ1n) is 44.2. The van der Waals surface area contributed by atoms with Crippen LogP contribution in [0.15, 0.2) is 334 Å². The van der Waals surface area contributed by atoms with Crippen molar-refractivity contribution in [1.29, 1.82) is 0 Å². The van der Waals surface area contributed by atoms with Crippen molar-refractivity contribution >= 4 is 139 Å². The summed E-state index contributed by atoms with van der Waals surface area (Å²) in [5.74, 6) is 0. The largest absolute Gasteiger partial charge is 2.00 e. The molecule has 6 aromatic heterocycles. The van der Waals surface area contributed by atoms with Crippen LogP contribution in [0.2, 0.25) is 0 Å². The summed E-state index contributed by atoms with van der Waals surface area (Å²) < 4.78 is 0. The van der Waals surface area contributed by atoms with Gasteiger partial charge in [-0.3, -0.25) is 0 Å². The minimum Gasteiger partial charge on any atom is -0.657 e. The third kappa shape index (κ3) is 16.9. The third-order valence-corrected chi connectivity index (χ3v) is 24.9. The van der Waals surface area contributed by atoms with Gasteiger partial charge in [-0.05, 0) is 279 Å². The number of hydrogen-bond acceptors (Lipinski definition) is 6. The summed E-state index contributed by atoms with van der Waals surface area (Å²) in [5, 5.41) is 0. The Labute approximate surface area is 786 Å². The van der Waals surface area contributed by atoms with E-state index in [0.29, 0.717) is 0 Å². The number of rotatable bonds is 20. The van der Waals surface area contributed by atoms with E-state index in [0.717, 1.165) is 248 Å². The monoisotopic (exact) mass is 1860 g/mol. The minimum absolute atomic E-state index is 0. The molecule has 0 spiro atoms. The number of anilines is 6. The van der Waals surface area contributed by atoms with E-state index < -0.39 is 0 Å². The Morgan fingerprint density at radius 1 is 0.254 bits per heavy atom. The smallest absolute Gasteiger partial charge is 0.657 e. The molecule has 0 unspecified atom stereocenters. The standard InChI is InChI=1S/C118H90N10.2Pd/c1-6-7-8-11-28-80-41-53-91(54-42-80)128(92-57-47-84(48-58-92)113-100-63-69-106(121-100)115(94-33-20-16-24-76(94)2)104-61-51-86(119-104)75-87-52-62-105(120-87)116(107-70-64-101(113)122-107)95-34-21-17-25-77(95)3)93-59-49-85(50-60-93)114-102-67-73-110(125-102)117(96-35-22-18-26-78(96)4)108-71-65-98(123-108)112(99-66-72-109(124-99)118(111-74-68-103(114)126-111)97-36-23-19-27-79(97)5)83-45-39-81(40-46-83)37-38-82-43-55-90(56-44-82)127(88-29-12-9-13-30-88)89-31-14-10-15-32-89;;/h9-10,12-27,29-75H,6-8,11,28H2,1-5H3;;/q-4;2*+2/b38-37+,86-75?,87-75?,112-98?,112-99?,113-100?,113-101?,114-102?,114-103?,115-104?,115-106?,116-105?,116-107?,117-108?,117-110?,118-109?,118-111?;;. The Morgan fingerprint density at radius 3 is 0.908 bits per heavy atom. The van der Waals surface area contributed by atoms with Gasteiger partial charge in [-0.25, -0.2) is 19.9 Å². The first-order valence-corrected chi connectivity index (χ1v) is 44.2. The van der Waals surface area contributed by atoms with Gasteiger partial charge in [-0.2, -0.15) is 0 Å². The third-order valence-electron chi connectivity index (χ3n) is 24.9. The fourth-order valence-electron chi connectivity index (χ4n) is 18.4. The molecule has 0 amide bonds. The number of aryl methyl sites for hydroxylation is 5. The summed E-state index contributed by atoms with van der Waals surface area (Å²) in [6.07, 6.45) is 27.2. The van der Waals surface area contributed by atoms with E-state index in [1.54, 1.807) is 0 Å². The van der Waals surface area contributed by atoms with E-state index in [-0.39, 0.29) is 40.8 Å². The second-order valence-corrected chi connectivity index (χ2v) is 33.3. The van der Waals surface area contributed by atoms with E-state index in [1.165, 1.54) is 24.8 Å². The predicted octanol–water partition coefficient (Wildman–Crippen LogP) is 30.3. The van der Waals surface area contributed by atoms with E-state index in [9.17, 15) is 0 Å². The summed E-state index contributed by atoms with van der Waals surface area (Å²) in [6, 6.07) is 119. The molecule has 0 saturated heterocycles. The molecule has 0 fully saturated rings. The zero-order valence-electron chi connectivity index (χ0n) is 72.7. The maximum atomic E-state index is 5.75. The zero-order valence-corrected chi connectivity index (χ0v) is 75.8. The van der Waals surface area contributed by atoms with Gasteiger partial charge in [0.25, 0.3) is 0 Å². The molecule has 17 aromatic rings. The van der Waals surface area contributed by atoms with Gasteiger partial charge >= 0.3 is 40.8 Å². The molecule has 0 radical (unpaired) electrons. The van der Waals surface area contributed by atoms with Crippen LogP contribution >= 0.6 is 0 Å². The number of para-hydroxylation sites is 2. The van der Waals surface area contributed by atoms with Gasteiger partial charge in [0.2, 0.25) is 0 Å². The van der Waals surface area contributed by atoms with E-state index in [4.69, 9.17) is 39.9 Å². The molecule has 0 atom stereocenters. The molecule has 4 aliphatic heterocycles. The Hall–Kier alpha value is -14.7. The van der Waals surface area contributed by atoms with E-state index >= 15 is 0 Å². The first-order chi connectivity index (χ1) is 63.0. The number of aromatic nitrogens is 8. The van der Waals surface area contributed by atoms with Gasteiger partial charge in [0, 0.05) is 34.1 Å². The number of hydrogen-bond donors (Lipinski definition) is 0. The molecule has 632 valence electrons. The SMILES string of the molecule is CCCCCCc1ccc(N(c2ccc(-c3c4nc(c(-c5ccccc5C)c5ccc(cc6nc(c(-c7ccccc7C)c7ccc3[n-]7)C=C6)[n-]5)C=C4)cc2)c2ccc(-c3c4nc(c(-c5ccccc5C)c5ccc([n-]5)c(-c5ccc(/C=C/c6ccc(N(c7ccccc7)c7ccccc7)cc6)cc5)c5nc(c(-c6ccccc6C)c6ccc3[n-]6)C=C5)C=C4)cc2)cc1.[Pd+2].[Pd+2]. The van der Waals surface area contributed by atoms with Gasteiger partial charge in [-0.1, -0.05) is 299 Å². The molecule has 4 aliphatic rings. The number of fused-ring (bicyclic) bond motifs is 16. The molecule has 10 nitrogen and oxygen atoms in total. The van der Waals surface area contributed by atoms with E-state index in [1.807, 2.05) is 0 Å². The van der Waals surface area contributed by atoms with Crippen LogP contribution in [0.3, 0.4) is 0 Å². The van der Waals surface area contributed by atoms with Gasteiger partial charge in [0.05, 0.1) is 45.6 Å². The van der Waals surface area contributed by atoms with Crippen LogP contribution in [0.25, 0.3) is 183 Å². The molecule has 11 aromatic carbocycles. The van der Waals surface area contributed by atoms with Crippen molar-refractivity contribution in [2.24, 2.45) is 0 Å². The average Bonchev–Trinajstić information content (AvgIpc) is 1.63. The Balaban J connectivity index is 0.00000548. The second-order valence-electron chi connectivity index (χ2n) is 33.3. The average molecular weight is 1860 g/mol. The summed E-state index contributed by atoms with van der Waals surface area (Å²) in [4.78, 5) is 49.4.